The van der Waals surface area contributed by atoms with Crippen molar-refractivity contribution in [3.05, 3.63) is 62.9 Å². The van der Waals surface area contributed by atoms with Crippen molar-refractivity contribution in [3.8, 4) is 0 Å². The van der Waals surface area contributed by atoms with Crippen LogP contribution in [0.1, 0.15) is 28.1 Å². The largest absolute Gasteiger partial charge is 0.368 e. The van der Waals surface area contributed by atoms with Gasteiger partial charge >= 0.3 is 5.69 Å². The minimum absolute atomic E-state index is 0.0386. The number of carbonyl (C=O) groups excluding carboxylic acids is 1. The molecule has 4 heterocycles. The van der Waals surface area contributed by atoms with Crippen LogP contribution in [0.4, 0.5) is 10.9 Å². The molecule has 4 rings (SSSR count). The van der Waals surface area contributed by atoms with Gasteiger partial charge in [-0.25, -0.2) is 14.8 Å². The lowest BCUT2D eigenvalue weighted by Gasteiger charge is -2.33. The number of aryl methyl sites for hydroxylation is 3. The van der Waals surface area contributed by atoms with Gasteiger partial charge in [-0.3, -0.25) is 9.36 Å². The Morgan fingerprint density at radius 1 is 1.29 bits per heavy atom. The Morgan fingerprint density at radius 3 is 2.87 bits per heavy atom. The molecule has 162 valence electrons. The molecule has 10 heteroatoms. The highest BCUT2D eigenvalue weighted by Gasteiger charge is 2.27. The minimum atomic E-state index is -0.409. The van der Waals surface area contributed by atoms with Crippen molar-refractivity contribution in [1.82, 2.24) is 24.4 Å². The number of thiazole rings is 1. The number of ether oxygens (including phenoxy) is 1. The van der Waals surface area contributed by atoms with Gasteiger partial charge in [0.1, 0.15) is 18.5 Å². The van der Waals surface area contributed by atoms with Gasteiger partial charge in [0.05, 0.1) is 18.8 Å². The summed E-state index contributed by atoms with van der Waals surface area (Å²) in [6.45, 7) is 6.77. The first-order chi connectivity index (χ1) is 14.9. The second kappa shape index (κ2) is 8.94. The fourth-order valence-corrected chi connectivity index (χ4v) is 4.15. The highest BCUT2D eigenvalue weighted by molar-refractivity contribution is 7.15. The monoisotopic (exact) mass is 440 g/mol. The molecule has 31 heavy (non-hydrogen) atoms. The van der Waals surface area contributed by atoms with Crippen molar-refractivity contribution in [2.24, 2.45) is 0 Å². The molecule has 1 aliphatic heterocycles. The quantitative estimate of drug-likeness (QED) is 0.650. The first-order valence-electron chi connectivity index (χ1n) is 10.00. The summed E-state index contributed by atoms with van der Waals surface area (Å²) < 4.78 is 7.29. The van der Waals surface area contributed by atoms with Crippen LogP contribution in [0.15, 0.2) is 35.3 Å². The van der Waals surface area contributed by atoms with Crippen LogP contribution in [0, 0.1) is 20.8 Å². The summed E-state index contributed by atoms with van der Waals surface area (Å²) >= 11 is 1.55. The molecule has 1 saturated heterocycles. The second-order valence-electron chi connectivity index (χ2n) is 7.46. The van der Waals surface area contributed by atoms with Crippen LogP contribution in [0.2, 0.25) is 0 Å². The molecule has 1 fully saturated rings. The molecule has 0 radical (unpaired) electrons. The van der Waals surface area contributed by atoms with Crippen LogP contribution in [0.25, 0.3) is 0 Å². The first-order valence-corrected chi connectivity index (χ1v) is 10.8. The molecule has 0 aliphatic carbocycles. The predicted molar refractivity (Wildman–Crippen MR) is 118 cm³/mol. The zero-order valence-corrected chi connectivity index (χ0v) is 18.5. The Morgan fingerprint density at radius 2 is 2.13 bits per heavy atom. The maximum Gasteiger partial charge on any atom is 0.348 e. The second-order valence-corrected chi connectivity index (χ2v) is 8.69. The maximum absolute atomic E-state index is 12.9. The number of nitrogens with zero attached hydrogens (tertiary/aromatic N) is 5. The molecule has 0 saturated carbocycles. The van der Waals surface area contributed by atoms with E-state index in [0.717, 1.165) is 15.7 Å². The molecule has 3 aromatic heterocycles. The Kier molecular flexibility index (Phi) is 6.10. The normalized spacial score (nSPS) is 16.4. The van der Waals surface area contributed by atoms with Crippen molar-refractivity contribution < 1.29 is 9.53 Å². The van der Waals surface area contributed by atoms with E-state index in [1.807, 2.05) is 25.1 Å². The summed E-state index contributed by atoms with van der Waals surface area (Å²) in [6, 6.07) is 7.44. The number of hydrogen-bond acceptors (Lipinski definition) is 8. The van der Waals surface area contributed by atoms with Crippen molar-refractivity contribution in [2.45, 2.75) is 33.4 Å². The number of morpholine rings is 1. The SMILES string of the molecule is Cc1cc(C)n(CC(=O)N2CCOC(c3cccc(Nc4ncc(C)s4)n3)C2)c(=O)n1. The lowest BCUT2D eigenvalue weighted by Crippen LogP contribution is -2.45. The number of pyridine rings is 1. The standard InChI is InChI=1S/C21H24N6O3S/c1-13-9-14(2)27(21(29)23-13)12-19(28)26-7-8-30-17(11-26)16-5-4-6-18(24-16)25-20-22-10-15(3)31-20/h4-6,9-10,17H,7-8,11-12H2,1-3H3,(H,22,24,25). The predicted octanol–water partition coefficient (Wildman–Crippen LogP) is 2.36. The third-order valence-corrected chi connectivity index (χ3v) is 5.84. The van der Waals surface area contributed by atoms with Gasteiger partial charge in [-0.1, -0.05) is 6.07 Å². The van der Waals surface area contributed by atoms with Gasteiger partial charge in [-0.15, -0.1) is 11.3 Å². The van der Waals surface area contributed by atoms with Crippen molar-refractivity contribution in [2.75, 3.05) is 25.0 Å². The van der Waals surface area contributed by atoms with Gasteiger partial charge < -0.3 is 15.0 Å². The number of aromatic nitrogens is 4. The molecule has 0 aromatic carbocycles. The molecule has 1 atom stereocenters. The lowest BCUT2D eigenvalue weighted by molar-refractivity contribution is -0.139. The molecule has 9 nitrogen and oxygen atoms in total. The summed E-state index contributed by atoms with van der Waals surface area (Å²) in [5.74, 6) is 0.531. The van der Waals surface area contributed by atoms with Crippen molar-refractivity contribution >= 4 is 28.2 Å². The van der Waals surface area contributed by atoms with E-state index in [4.69, 9.17) is 4.74 Å². The first kappa shape index (κ1) is 21.1. The van der Waals surface area contributed by atoms with E-state index in [-0.39, 0.29) is 18.6 Å². The smallest absolute Gasteiger partial charge is 0.348 e. The van der Waals surface area contributed by atoms with Crippen LogP contribution < -0.4 is 11.0 Å². The average Bonchev–Trinajstić information content (AvgIpc) is 3.15. The summed E-state index contributed by atoms with van der Waals surface area (Å²) in [5.41, 5.74) is 1.69. The summed E-state index contributed by atoms with van der Waals surface area (Å²) in [4.78, 5) is 40.8. The van der Waals surface area contributed by atoms with Crippen LogP contribution in [-0.4, -0.2) is 50.0 Å². The third-order valence-electron chi connectivity index (χ3n) is 5.02. The molecule has 1 unspecified atom stereocenters. The van der Waals surface area contributed by atoms with E-state index < -0.39 is 5.69 Å². The molecule has 1 N–H and O–H groups in total. The van der Waals surface area contributed by atoms with Gasteiger partial charge in [0.15, 0.2) is 5.13 Å². The van der Waals surface area contributed by atoms with Crippen LogP contribution >= 0.6 is 11.3 Å². The number of nitrogens with one attached hydrogen (secondary N) is 1. The van der Waals surface area contributed by atoms with Crippen LogP contribution in [-0.2, 0) is 16.1 Å². The number of hydrogen-bond donors (Lipinski definition) is 1. The number of amides is 1. The molecular weight excluding hydrogens is 416 g/mol. The van der Waals surface area contributed by atoms with E-state index in [1.54, 1.807) is 42.3 Å². The minimum Gasteiger partial charge on any atom is -0.368 e. The Labute approximate surface area is 183 Å². The molecular formula is C21H24N6O3S. The van der Waals surface area contributed by atoms with Gasteiger partial charge in [0.2, 0.25) is 5.91 Å². The summed E-state index contributed by atoms with van der Waals surface area (Å²) in [6.07, 6.45) is 1.47. The topological polar surface area (TPSA) is 102 Å². The summed E-state index contributed by atoms with van der Waals surface area (Å²) in [7, 11) is 0. The van der Waals surface area contributed by atoms with Crippen molar-refractivity contribution in [3.63, 3.8) is 0 Å². The molecule has 0 bridgehead atoms. The zero-order chi connectivity index (χ0) is 22.0. The molecule has 3 aromatic rings. The number of anilines is 2. The van der Waals surface area contributed by atoms with Gasteiger partial charge in [-0.05, 0) is 39.0 Å². The van der Waals surface area contributed by atoms with Crippen molar-refractivity contribution in [1.29, 1.82) is 0 Å². The fraction of sp³-hybridized carbons (Fsp3) is 0.381. The number of rotatable bonds is 5. The maximum atomic E-state index is 12.9. The summed E-state index contributed by atoms with van der Waals surface area (Å²) in [5, 5.41) is 3.98. The van der Waals surface area contributed by atoms with Gasteiger partial charge in [-0.2, -0.15) is 4.98 Å². The van der Waals surface area contributed by atoms with Gasteiger partial charge in [0.25, 0.3) is 0 Å². The highest BCUT2D eigenvalue weighted by Crippen LogP contribution is 2.25. The highest BCUT2D eigenvalue weighted by atomic mass is 32.1. The zero-order valence-electron chi connectivity index (χ0n) is 17.7. The van der Waals surface area contributed by atoms with E-state index in [0.29, 0.717) is 36.9 Å². The van der Waals surface area contributed by atoms with E-state index >= 15 is 0 Å². The molecule has 1 amide bonds. The fourth-order valence-electron chi connectivity index (χ4n) is 3.48. The Hall–Kier alpha value is -3.11. The van der Waals surface area contributed by atoms with E-state index in [2.05, 4.69) is 20.3 Å². The Bertz CT molecular complexity index is 1160. The Balaban J connectivity index is 1.45. The van der Waals surface area contributed by atoms with Crippen LogP contribution in [0.3, 0.4) is 0 Å². The molecule has 1 aliphatic rings. The van der Waals surface area contributed by atoms with Gasteiger partial charge in [0, 0.05) is 29.0 Å². The van der Waals surface area contributed by atoms with Crippen LogP contribution in [0.5, 0.6) is 0 Å². The average molecular weight is 441 g/mol. The van der Waals surface area contributed by atoms with E-state index in [9.17, 15) is 9.59 Å². The van der Waals surface area contributed by atoms with E-state index in [1.165, 1.54) is 4.57 Å². The number of carbonyl (C=O) groups is 1. The lowest BCUT2D eigenvalue weighted by atomic mass is 10.2. The third kappa shape index (κ3) is 4.97. The molecule has 0 spiro atoms.